The molecule has 3 nitrogen and oxygen atoms in total. The predicted octanol–water partition coefficient (Wildman–Crippen LogP) is 4.38. The van der Waals surface area contributed by atoms with Gasteiger partial charge in [-0.25, -0.2) is 9.97 Å². The molecule has 0 fully saturated rings. The summed E-state index contributed by atoms with van der Waals surface area (Å²) in [5.74, 6) is 0.286. The predicted molar refractivity (Wildman–Crippen MR) is 96.9 cm³/mol. The van der Waals surface area contributed by atoms with Crippen LogP contribution in [-0.2, 0) is 6.42 Å². The first-order valence-corrected chi connectivity index (χ1v) is 8.32. The Morgan fingerprint density at radius 2 is 1.83 bits per heavy atom. The van der Waals surface area contributed by atoms with Crippen molar-refractivity contribution in [3.63, 3.8) is 0 Å². The summed E-state index contributed by atoms with van der Waals surface area (Å²) in [6, 6.07) is 10.5. The van der Waals surface area contributed by atoms with E-state index in [1.807, 2.05) is 6.07 Å². The molecule has 0 saturated carbocycles. The molecule has 2 aliphatic rings. The molecule has 1 unspecified atom stereocenters. The summed E-state index contributed by atoms with van der Waals surface area (Å²) in [6.45, 7) is 0. The highest BCUT2D eigenvalue weighted by atomic mass is 14.8. The second-order valence-corrected chi connectivity index (χ2v) is 6.24. The minimum absolute atomic E-state index is 0.286. The lowest BCUT2D eigenvalue weighted by molar-refractivity contribution is 0.620. The molecular formula is C21H19N3. The van der Waals surface area contributed by atoms with Crippen LogP contribution in [0.1, 0.15) is 29.7 Å². The van der Waals surface area contributed by atoms with Gasteiger partial charge < -0.3 is 5.41 Å². The third-order valence-electron chi connectivity index (χ3n) is 4.70. The maximum absolute atomic E-state index is 8.40. The summed E-state index contributed by atoms with van der Waals surface area (Å²) in [5.41, 5.74) is 6.35. The summed E-state index contributed by atoms with van der Waals surface area (Å²) in [5, 5.41) is 8.40. The lowest BCUT2D eigenvalue weighted by atomic mass is 9.79. The Bertz CT molecular complexity index is 860. The maximum Gasteiger partial charge on any atom is 0.115 e. The van der Waals surface area contributed by atoms with Gasteiger partial charge in [0, 0.05) is 17.5 Å². The van der Waals surface area contributed by atoms with Crippen LogP contribution in [0.4, 0.5) is 0 Å². The van der Waals surface area contributed by atoms with E-state index < -0.39 is 0 Å². The zero-order chi connectivity index (χ0) is 16.4. The molecule has 24 heavy (non-hydrogen) atoms. The Morgan fingerprint density at radius 3 is 2.71 bits per heavy atom. The van der Waals surface area contributed by atoms with Crippen molar-refractivity contribution in [3.05, 3.63) is 89.6 Å². The van der Waals surface area contributed by atoms with E-state index in [1.165, 1.54) is 16.7 Å². The van der Waals surface area contributed by atoms with E-state index in [2.05, 4.69) is 58.5 Å². The van der Waals surface area contributed by atoms with E-state index in [1.54, 1.807) is 12.5 Å². The lowest BCUT2D eigenvalue weighted by Gasteiger charge is -2.26. The maximum atomic E-state index is 8.40. The van der Waals surface area contributed by atoms with Crippen LogP contribution in [0.3, 0.4) is 0 Å². The Balaban J connectivity index is 1.80. The fraction of sp³-hybridized carbons (Fsp3) is 0.190. The second kappa shape index (κ2) is 6.36. The first-order valence-electron chi connectivity index (χ1n) is 8.32. The van der Waals surface area contributed by atoms with Crippen LogP contribution in [-0.4, -0.2) is 15.7 Å². The van der Waals surface area contributed by atoms with E-state index >= 15 is 0 Å². The van der Waals surface area contributed by atoms with E-state index in [4.69, 9.17) is 5.41 Å². The molecule has 0 spiro atoms. The normalized spacial score (nSPS) is 20.0. The minimum Gasteiger partial charge on any atom is -0.305 e. The molecule has 1 heterocycles. The van der Waals surface area contributed by atoms with Gasteiger partial charge in [0.1, 0.15) is 6.33 Å². The van der Waals surface area contributed by atoms with Crippen molar-refractivity contribution in [3.8, 4) is 0 Å². The molecule has 0 amide bonds. The fourth-order valence-corrected chi connectivity index (χ4v) is 3.53. The number of fused-ring (bicyclic) bond motifs is 1. The van der Waals surface area contributed by atoms with Crippen LogP contribution < -0.4 is 0 Å². The average molecular weight is 313 g/mol. The number of hydrogen-bond donors (Lipinski definition) is 1. The first-order chi connectivity index (χ1) is 11.8. The molecule has 4 rings (SSSR count). The van der Waals surface area contributed by atoms with Gasteiger partial charge >= 0.3 is 0 Å². The summed E-state index contributed by atoms with van der Waals surface area (Å²) < 4.78 is 0. The topological polar surface area (TPSA) is 49.6 Å². The number of allylic oxidation sites excluding steroid dienone is 6. The lowest BCUT2D eigenvalue weighted by Crippen LogP contribution is -2.23. The van der Waals surface area contributed by atoms with Crippen LogP contribution in [0.25, 0.3) is 5.57 Å². The fourth-order valence-electron chi connectivity index (χ4n) is 3.53. The molecule has 1 atom stereocenters. The molecule has 0 aliphatic heterocycles. The minimum atomic E-state index is 0.286. The first kappa shape index (κ1) is 14.8. The van der Waals surface area contributed by atoms with Crippen molar-refractivity contribution in [1.29, 1.82) is 5.41 Å². The smallest absolute Gasteiger partial charge is 0.115 e. The molecule has 0 radical (unpaired) electrons. The van der Waals surface area contributed by atoms with Crippen LogP contribution in [0.5, 0.6) is 0 Å². The van der Waals surface area contributed by atoms with Crippen molar-refractivity contribution in [2.75, 3.05) is 0 Å². The van der Waals surface area contributed by atoms with Crippen molar-refractivity contribution in [2.45, 2.75) is 19.3 Å². The number of nitrogens with one attached hydrogen (secondary N) is 1. The molecule has 0 saturated heterocycles. The quantitative estimate of drug-likeness (QED) is 0.894. The molecule has 2 aromatic rings. The van der Waals surface area contributed by atoms with E-state index in [9.17, 15) is 0 Å². The van der Waals surface area contributed by atoms with Crippen LogP contribution >= 0.6 is 0 Å². The number of aromatic nitrogens is 2. The molecule has 1 N–H and O–H groups in total. The standard InChI is InChI=1S/C21H19N3/c22-20-11-16(12-21-19(20)13-23-14-24-21)18-10-6-2-5-9-17(18)15-7-3-1-4-8-15/h1,3-10,13-14,16,22H,2,11-12H2. The summed E-state index contributed by atoms with van der Waals surface area (Å²) in [7, 11) is 0. The second-order valence-electron chi connectivity index (χ2n) is 6.24. The molecule has 0 bridgehead atoms. The Morgan fingerprint density at radius 1 is 1.00 bits per heavy atom. The third-order valence-corrected chi connectivity index (χ3v) is 4.70. The highest BCUT2D eigenvalue weighted by Crippen LogP contribution is 2.35. The van der Waals surface area contributed by atoms with Gasteiger partial charge in [-0.05, 0) is 41.9 Å². The zero-order valence-electron chi connectivity index (χ0n) is 13.4. The van der Waals surface area contributed by atoms with Crippen LogP contribution in [0.15, 0.2) is 72.7 Å². The number of nitrogens with zero attached hydrogens (tertiary/aromatic N) is 2. The van der Waals surface area contributed by atoms with Gasteiger partial charge in [0.15, 0.2) is 0 Å². The third kappa shape index (κ3) is 2.73. The van der Waals surface area contributed by atoms with E-state index in [-0.39, 0.29) is 5.92 Å². The summed E-state index contributed by atoms with van der Waals surface area (Å²) in [6.07, 6.45) is 14.8. The Hall–Kier alpha value is -2.81. The van der Waals surface area contributed by atoms with Gasteiger partial charge in [-0.3, -0.25) is 0 Å². The van der Waals surface area contributed by atoms with E-state index in [0.29, 0.717) is 5.71 Å². The molecule has 2 aliphatic carbocycles. The van der Waals surface area contributed by atoms with Gasteiger partial charge in [-0.1, -0.05) is 54.6 Å². The van der Waals surface area contributed by atoms with Crippen LogP contribution in [0.2, 0.25) is 0 Å². The van der Waals surface area contributed by atoms with Gasteiger partial charge in [0.25, 0.3) is 0 Å². The van der Waals surface area contributed by atoms with Crippen molar-refractivity contribution < 1.29 is 0 Å². The number of rotatable bonds is 2. The Labute approximate surface area is 142 Å². The largest absolute Gasteiger partial charge is 0.305 e. The highest BCUT2D eigenvalue weighted by molar-refractivity contribution is 6.00. The number of benzene rings is 1. The SMILES string of the molecule is N=C1CC(C2=C(c3ccccc3)C=CCC=C2)Cc2ncncc21. The summed E-state index contributed by atoms with van der Waals surface area (Å²) in [4.78, 5) is 8.49. The van der Waals surface area contributed by atoms with Crippen molar-refractivity contribution in [2.24, 2.45) is 5.92 Å². The molecular weight excluding hydrogens is 294 g/mol. The highest BCUT2D eigenvalue weighted by Gasteiger charge is 2.27. The number of hydrogen-bond acceptors (Lipinski definition) is 3. The van der Waals surface area contributed by atoms with Crippen molar-refractivity contribution in [1.82, 2.24) is 9.97 Å². The van der Waals surface area contributed by atoms with Gasteiger partial charge in [-0.2, -0.15) is 0 Å². The van der Waals surface area contributed by atoms with Crippen molar-refractivity contribution >= 4 is 11.3 Å². The molecule has 3 heteroatoms. The molecule has 118 valence electrons. The molecule has 1 aromatic carbocycles. The average Bonchev–Trinajstić information content (AvgIpc) is 2.88. The van der Waals surface area contributed by atoms with E-state index in [0.717, 1.165) is 30.5 Å². The monoisotopic (exact) mass is 313 g/mol. The zero-order valence-corrected chi connectivity index (χ0v) is 13.4. The van der Waals surface area contributed by atoms with Gasteiger partial charge in [0.05, 0.1) is 5.69 Å². The summed E-state index contributed by atoms with van der Waals surface area (Å²) >= 11 is 0. The van der Waals surface area contributed by atoms with Crippen LogP contribution in [0, 0.1) is 11.3 Å². The molecule has 1 aromatic heterocycles. The van der Waals surface area contributed by atoms with Gasteiger partial charge in [-0.15, -0.1) is 0 Å². The van der Waals surface area contributed by atoms with Gasteiger partial charge in [0.2, 0.25) is 0 Å². The Kier molecular flexibility index (Phi) is 3.91.